The highest BCUT2D eigenvalue weighted by molar-refractivity contribution is 5.11. The van der Waals surface area contributed by atoms with Crippen LogP contribution in [0.3, 0.4) is 0 Å². The predicted molar refractivity (Wildman–Crippen MR) is 56.5 cm³/mol. The van der Waals surface area contributed by atoms with E-state index in [1.54, 1.807) is 0 Å². The van der Waals surface area contributed by atoms with Gasteiger partial charge in [-0.3, -0.25) is 0 Å². The normalized spacial score (nSPS) is 34.8. The SMILES string of the molecule is CC(C)C1(O)/C=C\C=C/CCCC1. The topological polar surface area (TPSA) is 20.2 Å². The van der Waals surface area contributed by atoms with Crippen molar-refractivity contribution in [2.24, 2.45) is 5.92 Å². The summed E-state index contributed by atoms with van der Waals surface area (Å²) in [4.78, 5) is 0. The Morgan fingerprint density at radius 1 is 1.23 bits per heavy atom. The number of aliphatic hydroxyl groups is 1. The van der Waals surface area contributed by atoms with Crippen molar-refractivity contribution < 1.29 is 5.11 Å². The molecule has 1 N–H and O–H groups in total. The van der Waals surface area contributed by atoms with E-state index >= 15 is 0 Å². The molecule has 13 heavy (non-hydrogen) atoms. The first-order chi connectivity index (χ1) is 6.15. The minimum Gasteiger partial charge on any atom is -0.386 e. The monoisotopic (exact) mass is 180 g/mol. The fourth-order valence-electron chi connectivity index (χ4n) is 1.63. The molecule has 0 radical (unpaired) electrons. The van der Waals surface area contributed by atoms with Gasteiger partial charge in [-0.05, 0) is 31.6 Å². The van der Waals surface area contributed by atoms with Gasteiger partial charge in [-0.25, -0.2) is 0 Å². The van der Waals surface area contributed by atoms with E-state index in [0.717, 1.165) is 19.3 Å². The Morgan fingerprint density at radius 2 is 2.00 bits per heavy atom. The van der Waals surface area contributed by atoms with Crippen LogP contribution in [0.2, 0.25) is 0 Å². The predicted octanol–water partition coefficient (Wildman–Crippen LogP) is 3.06. The van der Waals surface area contributed by atoms with Crippen molar-refractivity contribution >= 4 is 0 Å². The molecule has 0 saturated heterocycles. The molecule has 0 spiro atoms. The minimum atomic E-state index is -0.589. The lowest BCUT2D eigenvalue weighted by molar-refractivity contribution is 0.0326. The molecular formula is C12H20O. The van der Waals surface area contributed by atoms with Gasteiger partial charge in [0.25, 0.3) is 0 Å². The van der Waals surface area contributed by atoms with Gasteiger partial charge in [0.15, 0.2) is 0 Å². The number of hydrogen-bond donors (Lipinski definition) is 1. The molecule has 1 atom stereocenters. The molecule has 1 rings (SSSR count). The zero-order valence-corrected chi connectivity index (χ0v) is 8.66. The zero-order valence-electron chi connectivity index (χ0n) is 8.66. The molecule has 0 saturated carbocycles. The van der Waals surface area contributed by atoms with Crippen LogP contribution in [0.25, 0.3) is 0 Å². The quantitative estimate of drug-likeness (QED) is 0.657. The summed E-state index contributed by atoms with van der Waals surface area (Å²) in [6, 6.07) is 0. The molecule has 1 heteroatoms. The molecule has 0 fully saturated rings. The van der Waals surface area contributed by atoms with Crippen molar-refractivity contribution in [2.75, 3.05) is 0 Å². The van der Waals surface area contributed by atoms with Crippen molar-refractivity contribution in [3.8, 4) is 0 Å². The molecular weight excluding hydrogens is 160 g/mol. The maximum Gasteiger partial charge on any atom is 0.0853 e. The van der Waals surface area contributed by atoms with Gasteiger partial charge in [0.2, 0.25) is 0 Å². The lowest BCUT2D eigenvalue weighted by Gasteiger charge is -2.28. The summed E-state index contributed by atoms with van der Waals surface area (Å²) in [5.41, 5.74) is -0.589. The van der Waals surface area contributed by atoms with Crippen molar-refractivity contribution in [1.29, 1.82) is 0 Å². The largest absolute Gasteiger partial charge is 0.386 e. The Balaban J connectivity index is 2.70. The first kappa shape index (κ1) is 10.5. The molecule has 1 nitrogen and oxygen atoms in total. The summed E-state index contributed by atoms with van der Waals surface area (Å²) in [6.07, 6.45) is 12.5. The third-order valence-electron chi connectivity index (χ3n) is 2.83. The van der Waals surface area contributed by atoms with Crippen molar-refractivity contribution in [3.63, 3.8) is 0 Å². The van der Waals surface area contributed by atoms with E-state index in [9.17, 15) is 5.11 Å². The highest BCUT2D eigenvalue weighted by Gasteiger charge is 2.26. The maximum absolute atomic E-state index is 10.3. The van der Waals surface area contributed by atoms with Crippen LogP contribution in [0.5, 0.6) is 0 Å². The Bertz CT molecular complexity index is 203. The lowest BCUT2D eigenvalue weighted by atomic mass is 9.85. The van der Waals surface area contributed by atoms with Crippen molar-refractivity contribution in [3.05, 3.63) is 24.3 Å². The van der Waals surface area contributed by atoms with Gasteiger partial charge < -0.3 is 5.11 Å². The van der Waals surface area contributed by atoms with Crippen LogP contribution in [-0.2, 0) is 0 Å². The van der Waals surface area contributed by atoms with Gasteiger partial charge in [-0.1, -0.05) is 38.2 Å². The molecule has 74 valence electrons. The number of hydrogen-bond acceptors (Lipinski definition) is 1. The summed E-state index contributed by atoms with van der Waals surface area (Å²) in [7, 11) is 0. The van der Waals surface area contributed by atoms with Crippen LogP contribution in [0.15, 0.2) is 24.3 Å². The molecule has 1 aliphatic carbocycles. The fourth-order valence-corrected chi connectivity index (χ4v) is 1.63. The molecule has 1 unspecified atom stereocenters. The summed E-state index contributed by atoms with van der Waals surface area (Å²) in [5, 5.41) is 10.3. The van der Waals surface area contributed by atoms with E-state index < -0.39 is 5.60 Å². The average molecular weight is 180 g/mol. The molecule has 0 aromatic carbocycles. The molecule has 0 amide bonds. The second kappa shape index (κ2) is 4.61. The molecule has 0 aliphatic heterocycles. The van der Waals surface area contributed by atoms with Gasteiger partial charge in [0, 0.05) is 0 Å². The van der Waals surface area contributed by atoms with Gasteiger partial charge >= 0.3 is 0 Å². The Labute approximate surface area is 81.2 Å². The zero-order chi connectivity index (χ0) is 9.73. The Kier molecular flexibility index (Phi) is 3.73. The van der Waals surface area contributed by atoms with Crippen molar-refractivity contribution in [1.82, 2.24) is 0 Å². The molecule has 0 aromatic heterocycles. The van der Waals surface area contributed by atoms with Gasteiger partial charge in [0.05, 0.1) is 5.60 Å². The standard InChI is InChI=1S/C12H20O/c1-11(2)12(13)9-7-5-3-4-6-8-10-12/h3,5,7,9,11,13H,4,6,8,10H2,1-2H3/b5-3-,9-7-. The van der Waals surface area contributed by atoms with Crippen LogP contribution < -0.4 is 0 Å². The van der Waals surface area contributed by atoms with Crippen LogP contribution in [0.1, 0.15) is 39.5 Å². The van der Waals surface area contributed by atoms with Crippen LogP contribution >= 0.6 is 0 Å². The van der Waals surface area contributed by atoms with E-state index in [1.165, 1.54) is 6.42 Å². The van der Waals surface area contributed by atoms with Gasteiger partial charge in [0.1, 0.15) is 0 Å². The van der Waals surface area contributed by atoms with Crippen LogP contribution in [0.4, 0.5) is 0 Å². The second-order valence-corrected chi connectivity index (χ2v) is 4.18. The lowest BCUT2D eigenvalue weighted by Crippen LogP contribution is -2.32. The number of rotatable bonds is 1. The third-order valence-corrected chi connectivity index (χ3v) is 2.83. The van der Waals surface area contributed by atoms with E-state index in [2.05, 4.69) is 19.9 Å². The molecule has 1 aliphatic rings. The van der Waals surface area contributed by atoms with Crippen LogP contribution in [0, 0.1) is 5.92 Å². The smallest absolute Gasteiger partial charge is 0.0853 e. The number of allylic oxidation sites excluding steroid dienone is 3. The third kappa shape index (κ3) is 3.00. The summed E-state index contributed by atoms with van der Waals surface area (Å²) in [5.74, 6) is 0.301. The van der Waals surface area contributed by atoms with Gasteiger partial charge in [-0.15, -0.1) is 0 Å². The molecule has 0 aromatic rings. The van der Waals surface area contributed by atoms with Crippen LogP contribution in [-0.4, -0.2) is 10.7 Å². The minimum absolute atomic E-state index is 0.301. The highest BCUT2D eigenvalue weighted by Crippen LogP contribution is 2.26. The van der Waals surface area contributed by atoms with Gasteiger partial charge in [-0.2, -0.15) is 0 Å². The Hall–Kier alpha value is -0.560. The summed E-state index contributed by atoms with van der Waals surface area (Å²) < 4.78 is 0. The van der Waals surface area contributed by atoms with E-state index in [1.807, 2.05) is 18.2 Å². The van der Waals surface area contributed by atoms with E-state index in [0.29, 0.717) is 5.92 Å². The second-order valence-electron chi connectivity index (χ2n) is 4.18. The summed E-state index contributed by atoms with van der Waals surface area (Å²) in [6.45, 7) is 4.15. The Morgan fingerprint density at radius 3 is 2.69 bits per heavy atom. The molecule has 0 bridgehead atoms. The maximum atomic E-state index is 10.3. The van der Waals surface area contributed by atoms with E-state index in [-0.39, 0.29) is 0 Å². The van der Waals surface area contributed by atoms with Crippen molar-refractivity contribution in [2.45, 2.75) is 45.1 Å². The first-order valence-corrected chi connectivity index (χ1v) is 5.22. The van der Waals surface area contributed by atoms with E-state index in [4.69, 9.17) is 0 Å². The average Bonchev–Trinajstić information content (AvgIpc) is 2.18. The fraction of sp³-hybridized carbons (Fsp3) is 0.667. The molecule has 0 heterocycles. The highest BCUT2D eigenvalue weighted by atomic mass is 16.3. The first-order valence-electron chi connectivity index (χ1n) is 5.22. The summed E-state index contributed by atoms with van der Waals surface area (Å²) >= 11 is 0.